The Balaban J connectivity index is 0.00000200. The number of nitrogens with one attached hydrogen (secondary N) is 2. The van der Waals surface area contributed by atoms with Gasteiger partial charge in [-0.25, -0.2) is 0 Å². The number of ether oxygens (including phenoxy) is 1. The Labute approximate surface area is 126 Å². The average molecular weight is 306 g/mol. The molecule has 2 rings (SSSR count). The molecule has 7 heteroatoms. The predicted octanol–water partition coefficient (Wildman–Crippen LogP) is -0.0878. The molecule has 2 N–H and O–H groups in total. The molecule has 2 amide bonds. The topological polar surface area (TPSA) is 70.7 Å². The number of hydrogen-bond acceptors (Lipinski definition) is 4. The molecule has 0 saturated carbocycles. The van der Waals surface area contributed by atoms with Gasteiger partial charge in [0.1, 0.15) is 6.04 Å². The Kier molecular flexibility index (Phi) is 6.71. The first-order valence-electron chi connectivity index (χ1n) is 6.99. The molecule has 0 aromatic heterocycles. The van der Waals surface area contributed by atoms with Crippen molar-refractivity contribution in [2.45, 2.75) is 44.9 Å². The molecule has 0 radical (unpaired) electrons. The maximum absolute atomic E-state index is 12.5. The number of morpholine rings is 1. The van der Waals surface area contributed by atoms with E-state index in [-0.39, 0.29) is 42.4 Å². The van der Waals surface area contributed by atoms with Gasteiger partial charge in [-0.1, -0.05) is 0 Å². The lowest BCUT2D eigenvalue weighted by Crippen LogP contribution is -2.59. The Morgan fingerprint density at radius 3 is 2.80 bits per heavy atom. The third-order valence-electron chi connectivity index (χ3n) is 3.72. The normalized spacial score (nSPS) is 30.3. The second kappa shape index (κ2) is 7.81. The van der Waals surface area contributed by atoms with Gasteiger partial charge in [0.05, 0.1) is 12.7 Å². The van der Waals surface area contributed by atoms with E-state index >= 15 is 0 Å². The van der Waals surface area contributed by atoms with Crippen LogP contribution in [0.5, 0.6) is 0 Å². The van der Waals surface area contributed by atoms with Crippen molar-refractivity contribution < 1.29 is 14.3 Å². The van der Waals surface area contributed by atoms with Gasteiger partial charge in [-0.3, -0.25) is 9.59 Å². The zero-order valence-electron chi connectivity index (χ0n) is 12.1. The van der Waals surface area contributed by atoms with Crippen LogP contribution >= 0.6 is 12.4 Å². The summed E-state index contributed by atoms with van der Waals surface area (Å²) in [7, 11) is 0. The minimum absolute atomic E-state index is 0. The molecule has 20 heavy (non-hydrogen) atoms. The molecule has 0 spiro atoms. The van der Waals surface area contributed by atoms with Gasteiger partial charge in [-0.2, -0.15) is 0 Å². The highest BCUT2D eigenvalue weighted by atomic mass is 35.5. The van der Waals surface area contributed by atoms with E-state index in [1.165, 1.54) is 6.92 Å². The van der Waals surface area contributed by atoms with Crippen molar-refractivity contribution in [1.82, 2.24) is 15.5 Å². The highest BCUT2D eigenvalue weighted by molar-refractivity contribution is 5.85. The maximum Gasteiger partial charge on any atom is 0.242 e. The molecule has 2 fully saturated rings. The van der Waals surface area contributed by atoms with E-state index in [1.807, 2.05) is 11.8 Å². The summed E-state index contributed by atoms with van der Waals surface area (Å²) in [6.45, 7) is 6.16. The van der Waals surface area contributed by atoms with Crippen molar-refractivity contribution in [2.75, 3.05) is 26.2 Å². The maximum atomic E-state index is 12.5. The highest BCUT2D eigenvalue weighted by Gasteiger charge is 2.34. The largest absolute Gasteiger partial charge is 0.375 e. The zero-order chi connectivity index (χ0) is 13.8. The monoisotopic (exact) mass is 305 g/mol. The summed E-state index contributed by atoms with van der Waals surface area (Å²) in [5.41, 5.74) is 0. The van der Waals surface area contributed by atoms with Gasteiger partial charge < -0.3 is 20.3 Å². The van der Waals surface area contributed by atoms with Crippen LogP contribution in [0.2, 0.25) is 0 Å². The van der Waals surface area contributed by atoms with E-state index in [0.29, 0.717) is 19.7 Å². The van der Waals surface area contributed by atoms with Gasteiger partial charge in [-0.05, 0) is 19.8 Å². The van der Waals surface area contributed by atoms with Gasteiger partial charge in [0.25, 0.3) is 0 Å². The lowest BCUT2D eigenvalue weighted by Gasteiger charge is -2.38. The third kappa shape index (κ3) is 4.33. The number of rotatable bonds is 2. The average Bonchev–Trinajstić information content (AvgIpc) is 2.38. The van der Waals surface area contributed by atoms with Crippen LogP contribution in [0.1, 0.15) is 26.7 Å². The van der Waals surface area contributed by atoms with Gasteiger partial charge in [-0.15, -0.1) is 12.4 Å². The quantitative estimate of drug-likeness (QED) is 0.748. The molecular formula is C13H24ClN3O3. The molecule has 2 aliphatic rings. The van der Waals surface area contributed by atoms with Gasteiger partial charge >= 0.3 is 0 Å². The second-order valence-corrected chi connectivity index (χ2v) is 5.33. The summed E-state index contributed by atoms with van der Waals surface area (Å²) in [4.78, 5) is 25.4. The summed E-state index contributed by atoms with van der Waals surface area (Å²) < 4.78 is 5.51. The van der Waals surface area contributed by atoms with Crippen molar-refractivity contribution in [1.29, 1.82) is 0 Å². The van der Waals surface area contributed by atoms with E-state index in [9.17, 15) is 9.59 Å². The minimum atomic E-state index is -0.259. The van der Waals surface area contributed by atoms with E-state index in [2.05, 4.69) is 10.6 Å². The molecule has 0 aliphatic carbocycles. The van der Waals surface area contributed by atoms with Crippen LogP contribution in [-0.4, -0.2) is 61.1 Å². The smallest absolute Gasteiger partial charge is 0.242 e. The third-order valence-corrected chi connectivity index (χ3v) is 3.72. The zero-order valence-corrected chi connectivity index (χ0v) is 12.9. The summed E-state index contributed by atoms with van der Waals surface area (Å²) in [5, 5.41) is 6.11. The minimum Gasteiger partial charge on any atom is -0.375 e. The van der Waals surface area contributed by atoms with Crippen molar-refractivity contribution >= 4 is 24.2 Å². The molecule has 6 nitrogen and oxygen atoms in total. The number of hydrogen-bond donors (Lipinski definition) is 2. The lowest BCUT2D eigenvalue weighted by molar-refractivity contribution is -0.141. The standard InChI is InChI=1S/C13H23N3O3.ClH/c1-9-12(14-5-7-19-9)13(18)16-6-3-4-11(8-16)15-10(2)17;/h9,11-12,14H,3-8H2,1-2H3,(H,15,17);1H/t9-,11?,12+;/m1./s1. The molecule has 2 aliphatic heterocycles. The molecule has 2 saturated heterocycles. The van der Waals surface area contributed by atoms with E-state index in [0.717, 1.165) is 19.4 Å². The highest BCUT2D eigenvalue weighted by Crippen LogP contribution is 2.14. The fraction of sp³-hybridized carbons (Fsp3) is 0.846. The molecule has 0 aromatic rings. The van der Waals surface area contributed by atoms with Gasteiger partial charge in [0.15, 0.2) is 0 Å². The number of halogens is 1. The molecular weight excluding hydrogens is 282 g/mol. The van der Waals surface area contributed by atoms with E-state index < -0.39 is 0 Å². The van der Waals surface area contributed by atoms with Gasteiger partial charge in [0, 0.05) is 32.6 Å². The number of carbonyl (C=O) groups excluding carboxylic acids is 2. The molecule has 0 aromatic carbocycles. The summed E-state index contributed by atoms with van der Waals surface area (Å²) in [6, 6.07) is -0.181. The van der Waals surface area contributed by atoms with Crippen LogP contribution in [0.4, 0.5) is 0 Å². The predicted molar refractivity (Wildman–Crippen MR) is 77.9 cm³/mol. The van der Waals surface area contributed by atoms with Crippen molar-refractivity contribution in [2.24, 2.45) is 0 Å². The van der Waals surface area contributed by atoms with Crippen LogP contribution in [0.3, 0.4) is 0 Å². The van der Waals surface area contributed by atoms with E-state index in [4.69, 9.17) is 4.74 Å². The van der Waals surface area contributed by atoms with Crippen LogP contribution in [0.25, 0.3) is 0 Å². The summed E-state index contributed by atoms with van der Waals surface area (Å²) >= 11 is 0. The van der Waals surface area contributed by atoms with E-state index in [1.54, 1.807) is 0 Å². The number of piperidine rings is 1. The molecule has 1 unspecified atom stereocenters. The van der Waals surface area contributed by atoms with Crippen LogP contribution < -0.4 is 10.6 Å². The lowest BCUT2D eigenvalue weighted by atomic mass is 10.0. The SMILES string of the molecule is CC(=O)NC1CCCN(C(=O)[C@H]2NCCO[C@@H]2C)C1.Cl. The van der Waals surface area contributed by atoms with Crippen molar-refractivity contribution in [3.63, 3.8) is 0 Å². The van der Waals surface area contributed by atoms with Crippen LogP contribution in [0.15, 0.2) is 0 Å². The summed E-state index contributed by atoms with van der Waals surface area (Å²) in [5.74, 6) is 0.0500. The second-order valence-electron chi connectivity index (χ2n) is 5.33. The fourth-order valence-electron chi connectivity index (χ4n) is 2.79. The first-order valence-corrected chi connectivity index (χ1v) is 6.99. The molecule has 2 heterocycles. The van der Waals surface area contributed by atoms with Crippen LogP contribution in [-0.2, 0) is 14.3 Å². The van der Waals surface area contributed by atoms with Gasteiger partial charge in [0.2, 0.25) is 11.8 Å². The Hall–Kier alpha value is -0.850. The molecule has 116 valence electrons. The van der Waals surface area contributed by atoms with Crippen molar-refractivity contribution in [3.05, 3.63) is 0 Å². The number of carbonyl (C=O) groups is 2. The first kappa shape index (κ1) is 17.2. The number of likely N-dealkylation sites (tertiary alicyclic amines) is 1. The Morgan fingerprint density at radius 1 is 1.40 bits per heavy atom. The fourth-order valence-corrected chi connectivity index (χ4v) is 2.79. The number of amides is 2. The van der Waals surface area contributed by atoms with Crippen LogP contribution in [0, 0.1) is 0 Å². The first-order chi connectivity index (χ1) is 9.08. The molecule has 3 atom stereocenters. The summed E-state index contributed by atoms with van der Waals surface area (Å²) in [6.07, 6.45) is 1.77. The van der Waals surface area contributed by atoms with Crippen molar-refractivity contribution in [3.8, 4) is 0 Å². The molecule has 0 bridgehead atoms. The Bertz CT molecular complexity index is 354. The Morgan fingerprint density at radius 2 is 2.15 bits per heavy atom. The number of nitrogens with zero attached hydrogens (tertiary/aromatic N) is 1.